The second kappa shape index (κ2) is 5.90. The van der Waals surface area contributed by atoms with Crippen molar-refractivity contribution in [2.75, 3.05) is 12.8 Å². The molecule has 0 bridgehead atoms. The van der Waals surface area contributed by atoms with Crippen molar-refractivity contribution in [2.24, 2.45) is 0 Å². The van der Waals surface area contributed by atoms with Gasteiger partial charge in [-0.3, -0.25) is 4.90 Å². The molecule has 1 atom stereocenters. The lowest BCUT2D eigenvalue weighted by molar-refractivity contribution is 0.236. The fraction of sp³-hybridized carbons (Fsp3) is 0.368. The molecule has 3 rings (SSSR count). The van der Waals surface area contributed by atoms with E-state index in [2.05, 4.69) is 55.3 Å². The summed E-state index contributed by atoms with van der Waals surface area (Å²) >= 11 is 0. The molecule has 2 nitrogen and oxygen atoms in total. The second-order valence-corrected chi connectivity index (χ2v) is 6.10. The van der Waals surface area contributed by atoms with Gasteiger partial charge in [-0.15, -0.1) is 0 Å². The Morgan fingerprint density at radius 2 is 1.81 bits per heavy atom. The summed E-state index contributed by atoms with van der Waals surface area (Å²) in [5.74, 6) is 0. The fourth-order valence-corrected chi connectivity index (χ4v) is 3.35. The number of aryl methyl sites for hydroxylation is 2. The summed E-state index contributed by atoms with van der Waals surface area (Å²) < 4.78 is 0. The van der Waals surface area contributed by atoms with Crippen LogP contribution in [0.25, 0.3) is 0 Å². The molecule has 2 aromatic rings. The van der Waals surface area contributed by atoms with Crippen molar-refractivity contribution in [1.29, 1.82) is 0 Å². The molecule has 0 spiro atoms. The van der Waals surface area contributed by atoms with Crippen LogP contribution in [0.4, 0.5) is 5.69 Å². The largest absolute Gasteiger partial charge is 0.399 e. The number of fused-ring (bicyclic) bond motifs is 1. The van der Waals surface area contributed by atoms with E-state index in [1.807, 2.05) is 6.07 Å². The zero-order chi connectivity index (χ0) is 14.8. The third-order valence-electron chi connectivity index (χ3n) is 4.61. The number of hydrogen-bond acceptors (Lipinski definition) is 2. The molecule has 0 saturated heterocycles. The van der Waals surface area contributed by atoms with E-state index in [1.165, 1.54) is 28.7 Å². The van der Waals surface area contributed by atoms with E-state index in [9.17, 15) is 0 Å². The average Bonchev–Trinajstić information content (AvgIpc) is 2.91. The zero-order valence-corrected chi connectivity index (χ0v) is 13.0. The quantitative estimate of drug-likeness (QED) is 0.859. The van der Waals surface area contributed by atoms with E-state index >= 15 is 0 Å². The Morgan fingerprint density at radius 1 is 1.10 bits per heavy atom. The van der Waals surface area contributed by atoms with Crippen LogP contribution in [0.2, 0.25) is 0 Å². The molecule has 1 aliphatic rings. The van der Waals surface area contributed by atoms with Gasteiger partial charge in [-0.25, -0.2) is 0 Å². The first kappa shape index (κ1) is 14.2. The minimum absolute atomic E-state index is 0.520. The first-order chi connectivity index (χ1) is 10.2. The Kier molecular flexibility index (Phi) is 3.98. The van der Waals surface area contributed by atoms with Gasteiger partial charge in [-0.1, -0.05) is 37.3 Å². The van der Waals surface area contributed by atoms with Gasteiger partial charge in [0.2, 0.25) is 0 Å². The summed E-state index contributed by atoms with van der Waals surface area (Å²) in [5, 5.41) is 0. The second-order valence-electron chi connectivity index (χ2n) is 6.10. The van der Waals surface area contributed by atoms with Gasteiger partial charge in [0, 0.05) is 18.3 Å². The van der Waals surface area contributed by atoms with Gasteiger partial charge in [0.25, 0.3) is 0 Å². The first-order valence-corrected chi connectivity index (χ1v) is 7.83. The lowest BCUT2D eigenvalue weighted by Gasteiger charge is -2.25. The molecular weight excluding hydrogens is 256 g/mol. The van der Waals surface area contributed by atoms with Gasteiger partial charge in [-0.2, -0.15) is 0 Å². The molecule has 0 heterocycles. The number of nitrogens with two attached hydrogens (primary N) is 1. The highest BCUT2D eigenvalue weighted by molar-refractivity contribution is 5.47. The fourth-order valence-electron chi connectivity index (χ4n) is 3.35. The van der Waals surface area contributed by atoms with E-state index in [4.69, 9.17) is 5.73 Å². The van der Waals surface area contributed by atoms with Gasteiger partial charge in [0.05, 0.1) is 0 Å². The van der Waals surface area contributed by atoms with Crippen molar-refractivity contribution >= 4 is 5.69 Å². The molecule has 0 saturated carbocycles. The topological polar surface area (TPSA) is 29.3 Å². The number of nitrogen functional groups attached to an aromatic ring is 1. The van der Waals surface area contributed by atoms with E-state index in [0.717, 1.165) is 25.1 Å². The minimum atomic E-state index is 0.520. The third-order valence-corrected chi connectivity index (χ3v) is 4.61. The summed E-state index contributed by atoms with van der Waals surface area (Å²) in [4.78, 5) is 2.46. The lowest BCUT2D eigenvalue weighted by Crippen LogP contribution is -2.22. The summed E-state index contributed by atoms with van der Waals surface area (Å²) in [6, 6.07) is 15.9. The van der Waals surface area contributed by atoms with Crippen LogP contribution in [0.5, 0.6) is 0 Å². The van der Waals surface area contributed by atoms with E-state index in [1.54, 1.807) is 0 Å². The number of benzene rings is 2. The Bertz CT molecular complexity index is 616. The van der Waals surface area contributed by atoms with Crippen LogP contribution in [0, 0.1) is 0 Å². The van der Waals surface area contributed by atoms with E-state index in [-0.39, 0.29) is 0 Å². The molecule has 1 aliphatic carbocycles. The van der Waals surface area contributed by atoms with Gasteiger partial charge in [0.15, 0.2) is 0 Å². The van der Waals surface area contributed by atoms with Crippen LogP contribution in [0.3, 0.4) is 0 Å². The molecule has 110 valence electrons. The monoisotopic (exact) mass is 280 g/mol. The van der Waals surface area contributed by atoms with E-state index in [0.29, 0.717) is 6.04 Å². The normalized spacial score (nSPS) is 17.2. The molecule has 2 aromatic carbocycles. The van der Waals surface area contributed by atoms with Crippen molar-refractivity contribution in [3.05, 3.63) is 64.7 Å². The highest BCUT2D eigenvalue weighted by Gasteiger charge is 2.25. The number of anilines is 1. The summed E-state index contributed by atoms with van der Waals surface area (Å²) in [6.07, 6.45) is 3.44. The van der Waals surface area contributed by atoms with Crippen LogP contribution in [-0.2, 0) is 19.4 Å². The zero-order valence-electron chi connectivity index (χ0n) is 13.0. The highest BCUT2D eigenvalue weighted by Crippen LogP contribution is 2.36. The molecule has 0 aliphatic heterocycles. The number of nitrogens with zero attached hydrogens (tertiary/aromatic N) is 1. The molecule has 0 amide bonds. The molecule has 1 unspecified atom stereocenters. The summed E-state index contributed by atoms with van der Waals surface area (Å²) in [7, 11) is 2.23. The standard InChI is InChI=1S/C19H24N2/c1-3-14-4-6-15(7-5-14)13-21(2)19-11-8-16-12-17(20)9-10-18(16)19/h4-7,9-10,12,19H,3,8,11,13,20H2,1-2H3. The molecule has 2 heteroatoms. The Labute approximate surface area is 127 Å². The maximum absolute atomic E-state index is 5.89. The summed E-state index contributed by atoms with van der Waals surface area (Å²) in [6.45, 7) is 3.20. The molecule has 0 aromatic heterocycles. The lowest BCUT2D eigenvalue weighted by atomic mass is 10.1. The predicted octanol–water partition coefficient (Wildman–Crippen LogP) is 3.95. The smallest absolute Gasteiger partial charge is 0.0354 e. The summed E-state index contributed by atoms with van der Waals surface area (Å²) in [5.41, 5.74) is 12.4. The van der Waals surface area contributed by atoms with Crippen LogP contribution < -0.4 is 5.73 Å². The van der Waals surface area contributed by atoms with Gasteiger partial charge in [0.1, 0.15) is 0 Å². The van der Waals surface area contributed by atoms with Gasteiger partial charge in [-0.05, 0) is 60.7 Å². The van der Waals surface area contributed by atoms with Crippen LogP contribution in [0.1, 0.15) is 41.6 Å². The van der Waals surface area contributed by atoms with Crippen LogP contribution in [-0.4, -0.2) is 11.9 Å². The highest BCUT2D eigenvalue weighted by atomic mass is 15.1. The number of rotatable bonds is 4. The molecule has 21 heavy (non-hydrogen) atoms. The van der Waals surface area contributed by atoms with Crippen LogP contribution >= 0.6 is 0 Å². The van der Waals surface area contributed by atoms with Gasteiger partial charge >= 0.3 is 0 Å². The molecule has 2 N–H and O–H groups in total. The Morgan fingerprint density at radius 3 is 2.52 bits per heavy atom. The Balaban J connectivity index is 1.73. The van der Waals surface area contributed by atoms with Crippen molar-refractivity contribution in [3.8, 4) is 0 Å². The molecule has 0 fully saturated rings. The first-order valence-electron chi connectivity index (χ1n) is 7.83. The predicted molar refractivity (Wildman–Crippen MR) is 89.2 cm³/mol. The van der Waals surface area contributed by atoms with Gasteiger partial charge < -0.3 is 5.73 Å². The van der Waals surface area contributed by atoms with Crippen molar-refractivity contribution in [2.45, 2.75) is 38.8 Å². The van der Waals surface area contributed by atoms with Crippen LogP contribution in [0.15, 0.2) is 42.5 Å². The molecular formula is C19H24N2. The van der Waals surface area contributed by atoms with Crippen molar-refractivity contribution in [3.63, 3.8) is 0 Å². The average molecular weight is 280 g/mol. The third kappa shape index (κ3) is 2.96. The maximum atomic E-state index is 5.89. The van der Waals surface area contributed by atoms with Crippen molar-refractivity contribution in [1.82, 2.24) is 4.90 Å². The minimum Gasteiger partial charge on any atom is -0.399 e. The van der Waals surface area contributed by atoms with E-state index < -0.39 is 0 Å². The van der Waals surface area contributed by atoms with Crippen molar-refractivity contribution < 1.29 is 0 Å². The Hall–Kier alpha value is -1.80. The number of hydrogen-bond donors (Lipinski definition) is 1. The SMILES string of the molecule is CCc1ccc(CN(C)C2CCc3cc(N)ccc32)cc1. The molecule has 0 radical (unpaired) electrons. The maximum Gasteiger partial charge on any atom is 0.0354 e.